The third-order valence-electron chi connectivity index (χ3n) is 4.36. The first-order chi connectivity index (χ1) is 11.8. The molecule has 0 saturated heterocycles. The van der Waals surface area contributed by atoms with Crippen LogP contribution in [-0.4, -0.2) is 22.6 Å². The molecule has 1 amide bonds. The molecule has 0 N–H and O–H groups in total. The molecule has 0 fully saturated rings. The molecular weight excluding hydrogens is 378 g/mol. The van der Waals surface area contributed by atoms with Gasteiger partial charge in [-0.1, -0.05) is 52.3 Å². The van der Waals surface area contributed by atoms with Crippen molar-refractivity contribution in [3.63, 3.8) is 0 Å². The van der Waals surface area contributed by atoms with Gasteiger partial charge in [0.1, 0.15) is 5.60 Å². The van der Waals surface area contributed by atoms with E-state index in [1.165, 1.54) is 11.1 Å². The van der Waals surface area contributed by atoms with Crippen LogP contribution in [0, 0.1) is 0 Å². The molecule has 0 aromatic heterocycles. The predicted octanol–water partition coefficient (Wildman–Crippen LogP) is 5.35. The van der Waals surface area contributed by atoms with E-state index in [4.69, 9.17) is 4.74 Å². The Balaban J connectivity index is 1.82. The van der Waals surface area contributed by atoms with E-state index >= 15 is 0 Å². The van der Waals surface area contributed by atoms with Crippen LogP contribution in [0.1, 0.15) is 37.5 Å². The standard InChI is InChI=1S/C21H24BrNO2/c1-21(2,3)25-20(24)23(14-15-8-10-18(22)11-9-15)19-12-16-6-4-5-7-17(16)13-19/h4-11,19H,12-14H2,1-3H3. The minimum atomic E-state index is -0.499. The van der Waals surface area contributed by atoms with Crippen molar-refractivity contribution in [3.8, 4) is 0 Å². The number of fused-ring (bicyclic) bond motifs is 1. The SMILES string of the molecule is CC(C)(C)OC(=O)N(Cc1ccc(Br)cc1)C1Cc2ccccc2C1. The van der Waals surface area contributed by atoms with Crippen molar-refractivity contribution in [2.75, 3.05) is 0 Å². The molecule has 4 heteroatoms. The van der Waals surface area contributed by atoms with Crippen LogP contribution in [0.5, 0.6) is 0 Å². The lowest BCUT2D eigenvalue weighted by atomic mass is 10.1. The van der Waals surface area contributed by atoms with Crippen molar-refractivity contribution in [1.29, 1.82) is 0 Å². The second-order valence-electron chi connectivity index (χ2n) is 7.57. The van der Waals surface area contributed by atoms with Crippen LogP contribution < -0.4 is 0 Å². The molecule has 3 rings (SSSR count). The summed E-state index contributed by atoms with van der Waals surface area (Å²) in [7, 11) is 0. The summed E-state index contributed by atoms with van der Waals surface area (Å²) >= 11 is 3.46. The molecule has 0 aliphatic heterocycles. The molecule has 3 nitrogen and oxygen atoms in total. The Labute approximate surface area is 158 Å². The summed E-state index contributed by atoms with van der Waals surface area (Å²) in [6.45, 7) is 6.28. The van der Waals surface area contributed by atoms with Crippen molar-refractivity contribution < 1.29 is 9.53 Å². The van der Waals surface area contributed by atoms with Crippen LogP contribution in [0.3, 0.4) is 0 Å². The molecule has 25 heavy (non-hydrogen) atoms. The van der Waals surface area contributed by atoms with E-state index in [2.05, 4.69) is 40.2 Å². The fourth-order valence-corrected chi connectivity index (χ4v) is 3.47. The van der Waals surface area contributed by atoms with Crippen LogP contribution in [0.25, 0.3) is 0 Å². The van der Waals surface area contributed by atoms with E-state index in [0.717, 1.165) is 22.9 Å². The molecule has 0 saturated carbocycles. The average Bonchev–Trinajstić information content (AvgIpc) is 2.96. The van der Waals surface area contributed by atoms with Gasteiger partial charge in [-0.2, -0.15) is 0 Å². The summed E-state index contributed by atoms with van der Waals surface area (Å²) in [5.74, 6) is 0. The first-order valence-corrected chi connectivity index (χ1v) is 9.42. The van der Waals surface area contributed by atoms with Gasteiger partial charge in [-0.05, 0) is 62.4 Å². The molecule has 0 heterocycles. The second kappa shape index (κ2) is 7.20. The fraction of sp³-hybridized carbons (Fsp3) is 0.381. The molecule has 0 radical (unpaired) electrons. The van der Waals surface area contributed by atoms with Crippen LogP contribution in [0.4, 0.5) is 4.79 Å². The number of carbonyl (C=O) groups excluding carboxylic acids is 1. The van der Waals surface area contributed by atoms with E-state index in [1.807, 2.05) is 49.9 Å². The largest absolute Gasteiger partial charge is 0.444 e. The highest BCUT2D eigenvalue weighted by molar-refractivity contribution is 9.10. The number of nitrogens with zero attached hydrogens (tertiary/aromatic N) is 1. The van der Waals surface area contributed by atoms with Gasteiger partial charge < -0.3 is 9.64 Å². The van der Waals surface area contributed by atoms with Gasteiger partial charge in [-0.25, -0.2) is 4.79 Å². The average molecular weight is 402 g/mol. The summed E-state index contributed by atoms with van der Waals surface area (Å²) in [6, 6.07) is 16.7. The van der Waals surface area contributed by atoms with Gasteiger partial charge >= 0.3 is 6.09 Å². The van der Waals surface area contributed by atoms with E-state index in [-0.39, 0.29) is 12.1 Å². The van der Waals surface area contributed by atoms with E-state index in [1.54, 1.807) is 0 Å². The maximum absolute atomic E-state index is 12.9. The lowest BCUT2D eigenvalue weighted by molar-refractivity contribution is 0.0148. The minimum Gasteiger partial charge on any atom is -0.444 e. The summed E-state index contributed by atoms with van der Waals surface area (Å²) in [5, 5.41) is 0. The lowest BCUT2D eigenvalue weighted by Gasteiger charge is -2.31. The monoisotopic (exact) mass is 401 g/mol. The van der Waals surface area contributed by atoms with E-state index < -0.39 is 5.60 Å². The van der Waals surface area contributed by atoms with Gasteiger partial charge in [0.25, 0.3) is 0 Å². The number of ether oxygens (including phenoxy) is 1. The minimum absolute atomic E-state index is 0.135. The molecule has 1 aliphatic carbocycles. The number of rotatable bonds is 3. The van der Waals surface area contributed by atoms with Gasteiger partial charge in [-0.15, -0.1) is 0 Å². The Kier molecular flexibility index (Phi) is 5.19. The quantitative estimate of drug-likeness (QED) is 0.692. The van der Waals surface area contributed by atoms with Crippen LogP contribution in [0.15, 0.2) is 53.0 Å². The highest BCUT2D eigenvalue weighted by Gasteiger charge is 2.32. The van der Waals surface area contributed by atoms with Crippen LogP contribution in [-0.2, 0) is 24.1 Å². The Morgan fingerprint density at radius 1 is 1.08 bits per heavy atom. The Hall–Kier alpha value is -1.81. The zero-order valence-corrected chi connectivity index (χ0v) is 16.5. The highest BCUT2D eigenvalue weighted by atomic mass is 79.9. The van der Waals surface area contributed by atoms with Crippen molar-refractivity contribution in [3.05, 3.63) is 69.7 Å². The van der Waals surface area contributed by atoms with Gasteiger partial charge in [-0.3, -0.25) is 0 Å². The fourth-order valence-electron chi connectivity index (χ4n) is 3.21. The van der Waals surface area contributed by atoms with Gasteiger partial charge in [0, 0.05) is 17.1 Å². The Morgan fingerprint density at radius 2 is 1.64 bits per heavy atom. The zero-order valence-electron chi connectivity index (χ0n) is 15.0. The highest BCUT2D eigenvalue weighted by Crippen LogP contribution is 2.28. The van der Waals surface area contributed by atoms with Crippen molar-refractivity contribution in [1.82, 2.24) is 4.90 Å². The number of hydrogen-bond donors (Lipinski definition) is 0. The van der Waals surface area contributed by atoms with E-state index in [9.17, 15) is 4.79 Å². The number of hydrogen-bond acceptors (Lipinski definition) is 2. The van der Waals surface area contributed by atoms with Gasteiger partial charge in [0.05, 0.1) is 0 Å². The zero-order chi connectivity index (χ0) is 18.0. The maximum Gasteiger partial charge on any atom is 0.410 e. The third-order valence-corrected chi connectivity index (χ3v) is 4.89. The molecule has 2 aromatic carbocycles. The van der Waals surface area contributed by atoms with E-state index in [0.29, 0.717) is 6.54 Å². The van der Waals surface area contributed by atoms with Crippen molar-refractivity contribution in [2.24, 2.45) is 0 Å². The first kappa shape index (κ1) is 18.0. The summed E-state index contributed by atoms with van der Waals surface area (Å²) in [5.41, 5.74) is 3.26. The summed E-state index contributed by atoms with van der Waals surface area (Å²) in [4.78, 5) is 14.7. The maximum atomic E-state index is 12.9. The molecule has 0 atom stereocenters. The van der Waals surface area contributed by atoms with Crippen molar-refractivity contribution in [2.45, 2.75) is 51.8 Å². The molecule has 1 aliphatic rings. The third kappa shape index (κ3) is 4.63. The molecular formula is C21H24BrNO2. The number of benzene rings is 2. The first-order valence-electron chi connectivity index (χ1n) is 8.63. The molecule has 2 aromatic rings. The topological polar surface area (TPSA) is 29.5 Å². The predicted molar refractivity (Wildman–Crippen MR) is 104 cm³/mol. The Morgan fingerprint density at radius 3 is 2.16 bits per heavy atom. The number of halogens is 1. The summed E-state index contributed by atoms with van der Waals surface area (Å²) in [6.07, 6.45) is 1.52. The normalized spacial score (nSPS) is 14.2. The molecule has 0 bridgehead atoms. The van der Waals surface area contributed by atoms with Crippen molar-refractivity contribution >= 4 is 22.0 Å². The summed E-state index contributed by atoms with van der Waals surface area (Å²) < 4.78 is 6.72. The van der Waals surface area contributed by atoms with Crippen LogP contribution >= 0.6 is 15.9 Å². The smallest absolute Gasteiger partial charge is 0.410 e. The van der Waals surface area contributed by atoms with Gasteiger partial charge in [0.15, 0.2) is 0 Å². The van der Waals surface area contributed by atoms with Crippen LogP contribution in [0.2, 0.25) is 0 Å². The molecule has 0 spiro atoms. The molecule has 132 valence electrons. The number of amides is 1. The number of carbonyl (C=O) groups is 1. The van der Waals surface area contributed by atoms with Gasteiger partial charge in [0.2, 0.25) is 0 Å². The lowest BCUT2D eigenvalue weighted by Crippen LogP contribution is -2.43. The molecule has 0 unspecified atom stereocenters. The second-order valence-corrected chi connectivity index (χ2v) is 8.48. The Bertz CT molecular complexity index is 724.